The Bertz CT molecular complexity index is 149. The van der Waals surface area contributed by atoms with Crippen molar-refractivity contribution in [1.29, 1.82) is 0 Å². The van der Waals surface area contributed by atoms with Crippen molar-refractivity contribution in [3.63, 3.8) is 0 Å². The van der Waals surface area contributed by atoms with Crippen molar-refractivity contribution in [2.75, 3.05) is 26.2 Å². The van der Waals surface area contributed by atoms with E-state index >= 15 is 0 Å². The minimum atomic E-state index is -0.287. The molecule has 1 aliphatic heterocycles. The molecule has 78 valence electrons. The lowest BCUT2D eigenvalue weighted by atomic mass is 10.3. The zero-order chi connectivity index (χ0) is 8.81. The lowest BCUT2D eigenvalue weighted by Crippen LogP contribution is -2.47. The fourth-order valence-electron chi connectivity index (χ4n) is 1.10. The van der Waals surface area contributed by atoms with Crippen LogP contribution >= 0.6 is 12.4 Å². The van der Waals surface area contributed by atoms with E-state index in [2.05, 4.69) is 10.6 Å². The van der Waals surface area contributed by atoms with Crippen LogP contribution in [0.25, 0.3) is 0 Å². The van der Waals surface area contributed by atoms with E-state index in [1.165, 1.54) is 0 Å². The predicted molar refractivity (Wildman–Crippen MR) is 53.2 cm³/mol. The summed E-state index contributed by atoms with van der Waals surface area (Å²) in [5, 5.41) is 5.90. The van der Waals surface area contributed by atoms with Crippen LogP contribution in [0.1, 0.15) is 13.3 Å². The highest BCUT2D eigenvalue weighted by atomic mass is 35.5. The van der Waals surface area contributed by atoms with Gasteiger partial charge in [-0.2, -0.15) is 0 Å². The Morgan fingerprint density at radius 3 is 3.00 bits per heavy atom. The van der Waals surface area contributed by atoms with Gasteiger partial charge in [-0.3, -0.25) is 4.79 Å². The topological polar surface area (TPSA) is 50.4 Å². The standard InChI is InChI=1S/C8H16N2O2.ClH/c1-2-3-10-8(11)7-6-9-4-5-12-7;/h7,9H,2-6H2,1H3,(H,10,11);1H/t7-;/m1./s1. The molecule has 0 aromatic rings. The van der Waals surface area contributed by atoms with E-state index in [4.69, 9.17) is 4.74 Å². The third-order valence-electron chi connectivity index (χ3n) is 1.77. The molecule has 1 rings (SSSR count). The quantitative estimate of drug-likeness (QED) is 0.683. The van der Waals surface area contributed by atoms with E-state index < -0.39 is 0 Å². The van der Waals surface area contributed by atoms with Crippen LogP contribution in [-0.4, -0.2) is 38.3 Å². The van der Waals surface area contributed by atoms with Crippen molar-refractivity contribution in [1.82, 2.24) is 10.6 Å². The normalized spacial score (nSPS) is 21.8. The van der Waals surface area contributed by atoms with Crippen molar-refractivity contribution < 1.29 is 9.53 Å². The van der Waals surface area contributed by atoms with Crippen molar-refractivity contribution in [2.24, 2.45) is 0 Å². The van der Waals surface area contributed by atoms with Gasteiger partial charge in [0.05, 0.1) is 6.61 Å². The molecule has 0 radical (unpaired) electrons. The zero-order valence-electron chi connectivity index (χ0n) is 7.84. The number of hydrogen-bond acceptors (Lipinski definition) is 3. The molecule has 1 amide bonds. The van der Waals surface area contributed by atoms with Gasteiger partial charge >= 0.3 is 0 Å². The Kier molecular flexibility index (Phi) is 6.94. The minimum absolute atomic E-state index is 0. The monoisotopic (exact) mass is 208 g/mol. The number of halogens is 1. The van der Waals surface area contributed by atoms with E-state index in [0.717, 1.165) is 19.5 Å². The Hall–Kier alpha value is -0.320. The number of carbonyl (C=O) groups excluding carboxylic acids is 1. The van der Waals surface area contributed by atoms with E-state index in [9.17, 15) is 4.79 Å². The van der Waals surface area contributed by atoms with E-state index in [1.54, 1.807) is 0 Å². The van der Waals surface area contributed by atoms with Crippen LogP contribution < -0.4 is 10.6 Å². The number of amides is 1. The molecule has 1 atom stereocenters. The molecular formula is C8H17ClN2O2. The minimum Gasteiger partial charge on any atom is -0.366 e. The van der Waals surface area contributed by atoms with Crippen LogP contribution in [-0.2, 0) is 9.53 Å². The second-order valence-electron chi connectivity index (χ2n) is 2.85. The molecule has 1 fully saturated rings. The molecular weight excluding hydrogens is 192 g/mol. The molecule has 5 heteroatoms. The fraction of sp³-hybridized carbons (Fsp3) is 0.875. The summed E-state index contributed by atoms with van der Waals surface area (Å²) in [5.41, 5.74) is 0. The molecule has 2 N–H and O–H groups in total. The maximum Gasteiger partial charge on any atom is 0.250 e. The molecule has 0 aromatic heterocycles. The lowest BCUT2D eigenvalue weighted by Gasteiger charge is -2.22. The van der Waals surface area contributed by atoms with Crippen LogP contribution in [0.5, 0.6) is 0 Å². The van der Waals surface area contributed by atoms with Crippen molar-refractivity contribution in [3.05, 3.63) is 0 Å². The van der Waals surface area contributed by atoms with Gasteiger partial charge < -0.3 is 15.4 Å². The Morgan fingerprint density at radius 1 is 1.69 bits per heavy atom. The van der Waals surface area contributed by atoms with Gasteiger partial charge in [0.15, 0.2) is 0 Å². The molecule has 0 aromatic carbocycles. The first-order valence-electron chi connectivity index (χ1n) is 4.44. The molecule has 0 unspecified atom stereocenters. The van der Waals surface area contributed by atoms with Crippen LogP contribution in [0.3, 0.4) is 0 Å². The highest BCUT2D eigenvalue weighted by molar-refractivity contribution is 5.85. The number of carbonyl (C=O) groups is 1. The molecule has 13 heavy (non-hydrogen) atoms. The van der Waals surface area contributed by atoms with Gasteiger partial charge in [0.25, 0.3) is 0 Å². The number of rotatable bonds is 3. The van der Waals surface area contributed by atoms with Gasteiger partial charge in [-0.1, -0.05) is 6.92 Å². The maximum atomic E-state index is 11.3. The van der Waals surface area contributed by atoms with Crippen LogP contribution in [0.4, 0.5) is 0 Å². The highest BCUT2D eigenvalue weighted by Gasteiger charge is 2.20. The molecule has 4 nitrogen and oxygen atoms in total. The average molecular weight is 209 g/mol. The second kappa shape index (κ2) is 7.12. The second-order valence-corrected chi connectivity index (χ2v) is 2.85. The van der Waals surface area contributed by atoms with Gasteiger partial charge in [-0.25, -0.2) is 0 Å². The number of nitrogens with one attached hydrogen (secondary N) is 2. The first-order chi connectivity index (χ1) is 5.84. The molecule has 0 saturated carbocycles. The Labute approximate surface area is 84.8 Å². The van der Waals surface area contributed by atoms with Crippen LogP contribution in [0.2, 0.25) is 0 Å². The number of ether oxygens (including phenoxy) is 1. The van der Waals surface area contributed by atoms with Crippen LogP contribution in [0, 0.1) is 0 Å². The zero-order valence-corrected chi connectivity index (χ0v) is 8.65. The molecule has 1 heterocycles. The van der Waals surface area contributed by atoms with E-state index in [1.807, 2.05) is 6.92 Å². The summed E-state index contributed by atoms with van der Waals surface area (Å²) in [6, 6.07) is 0. The largest absolute Gasteiger partial charge is 0.366 e. The number of hydrogen-bond donors (Lipinski definition) is 2. The molecule has 1 aliphatic rings. The Balaban J connectivity index is 0.00000144. The first kappa shape index (κ1) is 12.7. The lowest BCUT2D eigenvalue weighted by molar-refractivity contribution is -0.134. The summed E-state index contributed by atoms with van der Waals surface area (Å²) in [4.78, 5) is 11.3. The van der Waals surface area contributed by atoms with Gasteiger partial charge in [-0.05, 0) is 6.42 Å². The Morgan fingerprint density at radius 2 is 2.46 bits per heavy atom. The molecule has 0 aliphatic carbocycles. The summed E-state index contributed by atoms with van der Waals surface area (Å²) >= 11 is 0. The summed E-state index contributed by atoms with van der Waals surface area (Å²) in [6.45, 7) is 4.87. The van der Waals surface area contributed by atoms with Gasteiger partial charge in [-0.15, -0.1) is 12.4 Å². The smallest absolute Gasteiger partial charge is 0.250 e. The predicted octanol–water partition coefficient (Wildman–Crippen LogP) is -0.0772. The van der Waals surface area contributed by atoms with Crippen molar-refractivity contribution >= 4 is 18.3 Å². The summed E-state index contributed by atoms with van der Waals surface area (Å²) in [6.07, 6.45) is 0.677. The van der Waals surface area contributed by atoms with Crippen LogP contribution in [0.15, 0.2) is 0 Å². The first-order valence-corrected chi connectivity index (χ1v) is 4.44. The highest BCUT2D eigenvalue weighted by Crippen LogP contribution is 1.95. The van der Waals surface area contributed by atoms with E-state index in [-0.39, 0.29) is 24.4 Å². The molecule has 0 spiro atoms. The summed E-state index contributed by atoms with van der Waals surface area (Å²) in [5.74, 6) is 0.00375. The third-order valence-corrected chi connectivity index (χ3v) is 1.77. The van der Waals surface area contributed by atoms with Gasteiger partial charge in [0.1, 0.15) is 6.10 Å². The maximum absolute atomic E-state index is 11.3. The van der Waals surface area contributed by atoms with Gasteiger partial charge in [0.2, 0.25) is 5.91 Å². The SMILES string of the molecule is CCCNC(=O)[C@H]1CNCCO1.Cl. The summed E-state index contributed by atoms with van der Waals surface area (Å²) < 4.78 is 5.26. The molecule has 1 saturated heterocycles. The van der Waals surface area contributed by atoms with E-state index in [0.29, 0.717) is 13.2 Å². The fourth-order valence-corrected chi connectivity index (χ4v) is 1.10. The van der Waals surface area contributed by atoms with Gasteiger partial charge in [0, 0.05) is 19.6 Å². The third kappa shape index (κ3) is 4.45. The van der Waals surface area contributed by atoms with Crippen molar-refractivity contribution in [2.45, 2.75) is 19.4 Å². The average Bonchev–Trinajstić information content (AvgIpc) is 2.15. The molecule has 0 bridgehead atoms. The summed E-state index contributed by atoms with van der Waals surface area (Å²) in [7, 11) is 0. The van der Waals surface area contributed by atoms with Crippen molar-refractivity contribution in [3.8, 4) is 0 Å². The number of morpholine rings is 1.